The van der Waals surface area contributed by atoms with Crippen LogP contribution in [0.3, 0.4) is 0 Å². The Morgan fingerprint density at radius 1 is 1.35 bits per heavy atom. The van der Waals surface area contributed by atoms with Gasteiger partial charge in [-0.25, -0.2) is 4.98 Å². The van der Waals surface area contributed by atoms with Crippen LogP contribution >= 0.6 is 11.6 Å². The molecule has 0 bridgehead atoms. The third-order valence-corrected chi connectivity index (χ3v) is 3.35. The van der Waals surface area contributed by atoms with Gasteiger partial charge in [-0.15, -0.1) is 0 Å². The Bertz CT molecular complexity index is 636. The highest BCUT2D eigenvalue weighted by molar-refractivity contribution is 6.32. The van der Waals surface area contributed by atoms with Gasteiger partial charge in [-0.2, -0.15) is 0 Å². The first-order valence-corrected chi connectivity index (χ1v) is 6.71. The monoisotopic (exact) mass is 292 g/mol. The van der Waals surface area contributed by atoms with Crippen molar-refractivity contribution in [3.05, 3.63) is 51.5 Å². The van der Waals surface area contributed by atoms with E-state index >= 15 is 0 Å². The minimum absolute atomic E-state index is 0.108. The van der Waals surface area contributed by atoms with Crippen molar-refractivity contribution in [2.24, 2.45) is 0 Å². The van der Waals surface area contributed by atoms with Gasteiger partial charge in [-0.05, 0) is 31.5 Å². The molecule has 0 radical (unpaired) electrons. The zero-order chi connectivity index (χ0) is 14.7. The summed E-state index contributed by atoms with van der Waals surface area (Å²) in [5, 5.41) is 0.108. The van der Waals surface area contributed by atoms with E-state index in [1.807, 2.05) is 43.0 Å². The normalized spacial score (nSPS) is 10.8. The molecule has 0 unspecified atom stereocenters. The number of benzene rings is 1. The molecule has 0 atom stereocenters. The highest BCUT2D eigenvalue weighted by atomic mass is 35.5. The molecule has 0 amide bonds. The molecular weight excluding hydrogens is 276 g/mol. The van der Waals surface area contributed by atoms with Crippen molar-refractivity contribution < 1.29 is 0 Å². The predicted octanol–water partition coefficient (Wildman–Crippen LogP) is 2.42. The van der Waals surface area contributed by atoms with Crippen molar-refractivity contribution in [2.45, 2.75) is 26.4 Å². The highest BCUT2D eigenvalue weighted by Crippen LogP contribution is 2.23. The molecule has 0 saturated carbocycles. The van der Waals surface area contributed by atoms with Crippen LogP contribution in [0, 0.1) is 0 Å². The molecule has 0 fully saturated rings. The van der Waals surface area contributed by atoms with Crippen molar-refractivity contribution in [1.29, 1.82) is 0 Å². The largest absolute Gasteiger partial charge is 0.399 e. The molecule has 6 heteroatoms. The number of nitrogens with one attached hydrogen (secondary N) is 1. The highest BCUT2D eigenvalue weighted by Gasteiger charge is 2.17. The number of H-pyrrole nitrogens is 1. The number of hydrogen-bond donors (Lipinski definition) is 2. The molecule has 1 aromatic carbocycles. The number of anilines is 2. The summed E-state index contributed by atoms with van der Waals surface area (Å²) >= 11 is 6.06. The summed E-state index contributed by atoms with van der Waals surface area (Å²) in [6.07, 6.45) is 1.36. The lowest BCUT2D eigenvalue weighted by Gasteiger charge is -2.28. The molecule has 5 nitrogen and oxygen atoms in total. The summed E-state index contributed by atoms with van der Waals surface area (Å²) in [7, 11) is 0. The maximum atomic E-state index is 11.6. The predicted molar refractivity (Wildman–Crippen MR) is 82.0 cm³/mol. The first-order valence-electron chi connectivity index (χ1n) is 6.33. The molecule has 2 rings (SSSR count). The Hall–Kier alpha value is -2.01. The number of rotatable bonds is 4. The molecule has 0 aliphatic rings. The second kappa shape index (κ2) is 5.96. The fourth-order valence-corrected chi connectivity index (χ4v) is 2.11. The van der Waals surface area contributed by atoms with Crippen LogP contribution in [0.5, 0.6) is 0 Å². The molecule has 0 aliphatic heterocycles. The van der Waals surface area contributed by atoms with Crippen LogP contribution in [0.25, 0.3) is 0 Å². The van der Waals surface area contributed by atoms with Crippen LogP contribution < -0.4 is 16.2 Å². The number of nitrogen functional groups attached to an aromatic ring is 1. The summed E-state index contributed by atoms with van der Waals surface area (Å²) in [6.45, 7) is 4.65. The van der Waals surface area contributed by atoms with E-state index in [9.17, 15) is 4.79 Å². The summed E-state index contributed by atoms with van der Waals surface area (Å²) in [4.78, 5) is 20.2. The summed E-state index contributed by atoms with van der Waals surface area (Å²) in [6, 6.07) is 7.75. The molecular formula is C14H17ClN4O. The number of hydrogen-bond acceptors (Lipinski definition) is 4. The van der Waals surface area contributed by atoms with Crippen molar-refractivity contribution >= 4 is 23.1 Å². The smallest absolute Gasteiger partial charge is 0.271 e. The van der Waals surface area contributed by atoms with Crippen molar-refractivity contribution in [3.63, 3.8) is 0 Å². The van der Waals surface area contributed by atoms with Gasteiger partial charge in [0.2, 0.25) is 0 Å². The van der Waals surface area contributed by atoms with E-state index < -0.39 is 0 Å². The third-order valence-electron chi connectivity index (χ3n) is 3.01. The lowest BCUT2D eigenvalue weighted by atomic mass is 10.1. The average Bonchev–Trinajstić information content (AvgIpc) is 2.41. The second-order valence-electron chi connectivity index (χ2n) is 4.83. The number of aromatic amines is 1. The maximum absolute atomic E-state index is 11.6. The van der Waals surface area contributed by atoms with Crippen LogP contribution in [-0.4, -0.2) is 16.0 Å². The zero-order valence-electron chi connectivity index (χ0n) is 11.4. The van der Waals surface area contributed by atoms with E-state index in [1.165, 1.54) is 6.33 Å². The van der Waals surface area contributed by atoms with Crippen molar-refractivity contribution in [3.8, 4) is 0 Å². The number of nitrogens with two attached hydrogens (primary N) is 1. The average molecular weight is 293 g/mol. The Balaban J connectivity index is 2.34. The van der Waals surface area contributed by atoms with Crippen LogP contribution in [0.15, 0.2) is 35.4 Å². The SMILES string of the molecule is CC(C)N(Cc1ccc(N)cc1)c1nc[nH]c(=O)c1Cl. The molecule has 20 heavy (non-hydrogen) atoms. The van der Waals surface area contributed by atoms with E-state index in [0.29, 0.717) is 12.4 Å². The molecule has 0 spiro atoms. The quantitative estimate of drug-likeness (QED) is 0.849. The van der Waals surface area contributed by atoms with E-state index in [0.717, 1.165) is 11.3 Å². The van der Waals surface area contributed by atoms with Gasteiger partial charge in [0, 0.05) is 18.3 Å². The molecule has 106 valence electrons. The topological polar surface area (TPSA) is 75.0 Å². The summed E-state index contributed by atoms with van der Waals surface area (Å²) in [5.74, 6) is 0.488. The van der Waals surface area contributed by atoms with Gasteiger partial charge < -0.3 is 15.6 Å². The zero-order valence-corrected chi connectivity index (χ0v) is 12.2. The second-order valence-corrected chi connectivity index (χ2v) is 5.21. The van der Waals surface area contributed by atoms with Crippen LogP contribution in [0.4, 0.5) is 11.5 Å². The van der Waals surface area contributed by atoms with E-state index in [1.54, 1.807) is 0 Å². The Morgan fingerprint density at radius 2 is 2.00 bits per heavy atom. The third kappa shape index (κ3) is 3.11. The molecule has 3 N–H and O–H groups in total. The van der Waals surface area contributed by atoms with Crippen LogP contribution in [-0.2, 0) is 6.54 Å². The van der Waals surface area contributed by atoms with Crippen molar-refractivity contribution in [1.82, 2.24) is 9.97 Å². The van der Waals surface area contributed by atoms with Gasteiger partial charge in [0.1, 0.15) is 5.02 Å². The van der Waals surface area contributed by atoms with Crippen molar-refractivity contribution in [2.75, 3.05) is 10.6 Å². The fraction of sp³-hybridized carbons (Fsp3) is 0.286. The van der Waals surface area contributed by atoms with Gasteiger partial charge in [0.25, 0.3) is 5.56 Å². The number of nitrogens with zero attached hydrogens (tertiary/aromatic N) is 2. The van der Waals surface area contributed by atoms with Gasteiger partial charge in [-0.1, -0.05) is 23.7 Å². The standard InChI is InChI=1S/C14H17ClN4O/c1-9(2)19(7-10-3-5-11(16)6-4-10)13-12(15)14(20)18-8-17-13/h3-6,8-9H,7,16H2,1-2H3,(H,17,18,20). The van der Waals surface area contributed by atoms with Gasteiger partial charge in [0.05, 0.1) is 6.33 Å². The first-order chi connectivity index (χ1) is 9.49. The van der Waals surface area contributed by atoms with E-state index in [-0.39, 0.29) is 16.6 Å². The van der Waals surface area contributed by atoms with Gasteiger partial charge in [0.15, 0.2) is 5.82 Å². The lowest BCUT2D eigenvalue weighted by molar-refractivity contribution is 0.670. The van der Waals surface area contributed by atoms with Crippen LogP contribution in [0.1, 0.15) is 19.4 Å². The van der Waals surface area contributed by atoms with Gasteiger partial charge >= 0.3 is 0 Å². The summed E-state index contributed by atoms with van der Waals surface area (Å²) < 4.78 is 0. The molecule has 2 aromatic rings. The minimum atomic E-state index is -0.334. The molecule has 0 aliphatic carbocycles. The minimum Gasteiger partial charge on any atom is -0.399 e. The Labute approximate surface area is 122 Å². The molecule has 1 aromatic heterocycles. The summed E-state index contributed by atoms with van der Waals surface area (Å²) in [5.41, 5.74) is 7.14. The first kappa shape index (κ1) is 14.4. The number of halogens is 1. The lowest BCUT2D eigenvalue weighted by Crippen LogP contribution is -2.32. The molecule has 0 saturated heterocycles. The van der Waals surface area contributed by atoms with Crippen LogP contribution in [0.2, 0.25) is 5.02 Å². The van der Waals surface area contributed by atoms with E-state index in [2.05, 4.69) is 9.97 Å². The van der Waals surface area contributed by atoms with E-state index in [4.69, 9.17) is 17.3 Å². The number of aromatic nitrogens is 2. The molecule has 1 heterocycles. The maximum Gasteiger partial charge on any atom is 0.271 e. The van der Waals surface area contributed by atoms with Gasteiger partial charge in [-0.3, -0.25) is 4.79 Å². The Morgan fingerprint density at radius 3 is 2.60 bits per heavy atom. The fourth-order valence-electron chi connectivity index (χ4n) is 1.90. The Kier molecular flexibility index (Phi) is 4.29.